The molecule has 3 heteroatoms. The molecule has 0 nitrogen and oxygen atoms in total. The average Bonchev–Trinajstić information content (AvgIpc) is 2.36. The zero-order valence-corrected chi connectivity index (χ0v) is 10.6. The first-order valence-electron chi connectivity index (χ1n) is 3.71. The minimum atomic E-state index is -0.556. The molecule has 0 spiro atoms. The van der Waals surface area contributed by atoms with Crippen molar-refractivity contribution in [2.24, 2.45) is 5.41 Å². The number of hydrogen-bond acceptors (Lipinski definition) is 0. The Morgan fingerprint density at radius 3 is 1.83 bits per heavy atom. The Kier molecular flexibility index (Phi) is 6.67. The van der Waals surface area contributed by atoms with Crippen molar-refractivity contribution in [3.63, 3.8) is 0 Å². The van der Waals surface area contributed by atoms with Crippen LogP contribution in [0.4, 0.5) is 0 Å². The Hall–Kier alpha value is 0.774. The summed E-state index contributed by atoms with van der Waals surface area (Å²) in [5.41, 5.74) is 1.74. The van der Waals surface area contributed by atoms with E-state index in [0.29, 0.717) is 5.41 Å². The molecule has 0 aromatic rings. The summed E-state index contributed by atoms with van der Waals surface area (Å²) in [6.07, 6.45) is 8.50. The van der Waals surface area contributed by atoms with Crippen molar-refractivity contribution in [3.8, 4) is 0 Å². The van der Waals surface area contributed by atoms with Gasteiger partial charge >= 0.3 is 35.6 Å². The molecule has 0 heterocycles. The molecule has 0 fully saturated rings. The molecule has 0 saturated carbocycles. The van der Waals surface area contributed by atoms with E-state index in [0.717, 1.165) is 0 Å². The summed E-state index contributed by atoms with van der Waals surface area (Å²) in [7, 11) is 9.78. The van der Waals surface area contributed by atoms with Crippen LogP contribution < -0.4 is 0 Å². The predicted octanol–water partition coefficient (Wildman–Crippen LogP) is 4.11. The summed E-state index contributed by atoms with van der Waals surface area (Å²) >= 11 is -0.556. The normalized spacial score (nSPS) is 14.9. The third-order valence-electron chi connectivity index (χ3n) is 1.53. The van der Waals surface area contributed by atoms with Crippen LogP contribution in [-0.4, -0.2) is 0 Å². The van der Waals surface area contributed by atoms with Gasteiger partial charge in [-0.1, -0.05) is 44.6 Å². The van der Waals surface area contributed by atoms with Gasteiger partial charge in [0.1, 0.15) is 0 Å². The predicted molar refractivity (Wildman–Crippen MR) is 52.7 cm³/mol. The van der Waals surface area contributed by atoms with Gasteiger partial charge in [0, 0.05) is 6.42 Å². The van der Waals surface area contributed by atoms with Gasteiger partial charge in [-0.2, -0.15) is 0 Å². The first-order valence-corrected chi connectivity index (χ1v) is 8.00. The third kappa shape index (κ3) is 5.43. The second-order valence-corrected chi connectivity index (χ2v) is 6.07. The fraction of sp³-hybridized carbons (Fsp3) is 0.444. The Balaban J connectivity index is 0.000000354. The van der Waals surface area contributed by atoms with E-state index in [2.05, 4.69) is 45.4 Å². The summed E-state index contributed by atoms with van der Waals surface area (Å²) in [6.45, 7) is 6.67. The molecule has 0 bridgehead atoms. The Morgan fingerprint density at radius 2 is 1.67 bits per heavy atom. The molecule has 1 aliphatic carbocycles. The summed E-state index contributed by atoms with van der Waals surface area (Å²) in [5, 5.41) is 0. The van der Waals surface area contributed by atoms with Crippen LogP contribution in [-0.2, 0) is 17.0 Å². The molecule has 67 valence electrons. The standard InChI is InChI=1S/C9H13.2ClH.Ti/c1-9(2,3)8-6-4-5-7-8;;;/h4-7H,1-3H3;2*1H;/q;;;+2/p-2. The molecule has 0 aromatic heterocycles. The molecular weight excluding hydrogens is 227 g/mol. The van der Waals surface area contributed by atoms with Crippen molar-refractivity contribution < 1.29 is 17.0 Å². The molecule has 1 radical (unpaired) electrons. The summed E-state index contributed by atoms with van der Waals surface area (Å²) in [4.78, 5) is 0. The van der Waals surface area contributed by atoms with Crippen molar-refractivity contribution in [2.75, 3.05) is 0 Å². The summed E-state index contributed by atoms with van der Waals surface area (Å²) in [5.74, 6) is 0. The molecule has 1 aliphatic rings. The molecule has 0 unspecified atom stereocenters. The van der Waals surface area contributed by atoms with Crippen LogP contribution in [0.1, 0.15) is 20.8 Å². The maximum atomic E-state index is 4.89. The Labute approximate surface area is 91.7 Å². The second-order valence-electron chi connectivity index (χ2n) is 3.50. The van der Waals surface area contributed by atoms with E-state index in [4.69, 9.17) is 18.6 Å². The fourth-order valence-corrected chi connectivity index (χ4v) is 0.874. The van der Waals surface area contributed by atoms with E-state index >= 15 is 0 Å². The van der Waals surface area contributed by atoms with E-state index in [1.54, 1.807) is 0 Å². The molecule has 1 rings (SSSR count). The molecule has 0 aliphatic heterocycles. The van der Waals surface area contributed by atoms with Gasteiger partial charge in [-0.05, 0) is 5.41 Å². The van der Waals surface area contributed by atoms with E-state index < -0.39 is 17.0 Å². The van der Waals surface area contributed by atoms with E-state index in [-0.39, 0.29) is 0 Å². The Morgan fingerprint density at radius 1 is 1.17 bits per heavy atom. The van der Waals surface area contributed by atoms with Crippen molar-refractivity contribution in [2.45, 2.75) is 20.8 Å². The molecule has 0 amide bonds. The average molecular weight is 240 g/mol. The second kappa shape index (κ2) is 6.26. The van der Waals surface area contributed by atoms with Gasteiger partial charge in [0.25, 0.3) is 0 Å². The van der Waals surface area contributed by atoms with Crippen LogP contribution >= 0.6 is 18.6 Å². The maximum absolute atomic E-state index is 4.89. The molecule has 0 N–H and O–H groups in total. The molecule has 0 aromatic carbocycles. The summed E-state index contributed by atoms with van der Waals surface area (Å²) in [6, 6.07) is 0. The van der Waals surface area contributed by atoms with E-state index in [9.17, 15) is 0 Å². The van der Waals surface area contributed by atoms with Gasteiger partial charge in [-0.3, -0.25) is 0 Å². The van der Waals surface area contributed by atoms with Crippen molar-refractivity contribution in [1.29, 1.82) is 0 Å². The number of halogens is 2. The third-order valence-corrected chi connectivity index (χ3v) is 1.53. The van der Waals surface area contributed by atoms with Crippen LogP contribution in [0.15, 0.2) is 23.8 Å². The van der Waals surface area contributed by atoms with Crippen LogP contribution in [0.25, 0.3) is 0 Å². The topological polar surface area (TPSA) is 0 Å². The molecule has 0 atom stereocenters. The van der Waals surface area contributed by atoms with Gasteiger partial charge in [-0.25, -0.2) is 0 Å². The number of rotatable bonds is 0. The van der Waals surface area contributed by atoms with Crippen LogP contribution in [0.2, 0.25) is 0 Å². The fourth-order valence-electron chi connectivity index (χ4n) is 0.874. The quantitative estimate of drug-likeness (QED) is 0.559. The van der Waals surface area contributed by atoms with Gasteiger partial charge < -0.3 is 0 Å². The zero-order valence-electron chi connectivity index (χ0n) is 7.57. The van der Waals surface area contributed by atoms with E-state index in [1.807, 2.05) is 0 Å². The van der Waals surface area contributed by atoms with Gasteiger partial charge in [-0.15, -0.1) is 0 Å². The Bertz CT molecular complexity index is 177. The van der Waals surface area contributed by atoms with Crippen LogP contribution in [0, 0.1) is 11.8 Å². The minimum absolute atomic E-state index is 0.323. The zero-order chi connectivity index (χ0) is 9.61. The van der Waals surface area contributed by atoms with Crippen molar-refractivity contribution in [1.82, 2.24) is 0 Å². The van der Waals surface area contributed by atoms with Crippen LogP contribution in [0.3, 0.4) is 0 Å². The van der Waals surface area contributed by atoms with Crippen molar-refractivity contribution in [3.05, 3.63) is 30.2 Å². The molecular formula is C9H13Cl2Ti. The number of allylic oxidation sites excluding steroid dienone is 4. The SMILES string of the molecule is CC(C)(C)C1=CC=C[CH]1.[Cl][Ti][Cl]. The number of hydrogen-bond donors (Lipinski definition) is 0. The van der Waals surface area contributed by atoms with Gasteiger partial charge in [0.05, 0.1) is 0 Å². The van der Waals surface area contributed by atoms with Gasteiger partial charge in [0.2, 0.25) is 0 Å². The van der Waals surface area contributed by atoms with E-state index in [1.165, 1.54) is 5.57 Å². The van der Waals surface area contributed by atoms with Gasteiger partial charge in [0.15, 0.2) is 0 Å². The first kappa shape index (κ1) is 12.8. The summed E-state index contributed by atoms with van der Waals surface area (Å²) < 4.78 is 0. The molecule has 12 heavy (non-hydrogen) atoms. The first-order chi connectivity index (χ1) is 5.52. The van der Waals surface area contributed by atoms with Crippen LogP contribution in [0.5, 0.6) is 0 Å². The van der Waals surface area contributed by atoms with Crippen molar-refractivity contribution >= 4 is 18.6 Å². The molecule has 0 saturated heterocycles. The monoisotopic (exact) mass is 239 g/mol.